The minimum Gasteiger partial charge on any atom is -0.507 e. The molecule has 0 saturated carbocycles. The Morgan fingerprint density at radius 1 is 0.559 bits per heavy atom. The van der Waals surface area contributed by atoms with Gasteiger partial charge in [0, 0.05) is 23.6 Å². The highest BCUT2D eigenvalue weighted by Crippen LogP contribution is 2.26. The third kappa shape index (κ3) is 5.98. The molecule has 0 aromatic heterocycles. The van der Waals surface area contributed by atoms with E-state index in [1.165, 1.54) is 0 Å². The Balaban J connectivity index is 1.12. The van der Waals surface area contributed by atoms with Gasteiger partial charge in [0.15, 0.2) is 0 Å². The van der Waals surface area contributed by atoms with Gasteiger partial charge in [-0.2, -0.15) is 0 Å². The second-order valence-electron chi connectivity index (χ2n) is 7.73. The van der Waals surface area contributed by atoms with Gasteiger partial charge in [0.2, 0.25) is 0 Å². The normalized spacial score (nSPS) is 11.9. The van der Waals surface area contributed by atoms with E-state index in [1.807, 2.05) is 60.7 Å². The first-order valence-corrected chi connectivity index (χ1v) is 11.3. The van der Waals surface area contributed by atoms with Gasteiger partial charge in [-0.25, -0.2) is 0 Å². The highest BCUT2D eigenvalue weighted by molar-refractivity contribution is 6.03. The van der Waals surface area contributed by atoms with Crippen LogP contribution in [0.4, 0.5) is 0 Å². The predicted octanol–water partition coefficient (Wildman–Crippen LogP) is 4.98. The summed E-state index contributed by atoms with van der Waals surface area (Å²) in [7, 11) is 0. The number of phenols is 2. The zero-order valence-corrected chi connectivity index (χ0v) is 18.9. The Hall–Kier alpha value is -3.74. The number of aromatic hydroxyl groups is 2. The Kier molecular flexibility index (Phi) is 8.22. The van der Waals surface area contributed by atoms with E-state index in [-0.39, 0.29) is 11.5 Å². The molecule has 4 aromatic rings. The van der Waals surface area contributed by atoms with Crippen molar-refractivity contribution in [3.8, 4) is 11.5 Å². The van der Waals surface area contributed by atoms with Gasteiger partial charge in [0.1, 0.15) is 11.5 Å². The van der Waals surface area contributed by atoms with E-state index in [0.29, 0.717) is 39.5 Å². The lowest BCUT2D eigenvalue weighted by molar-refractivity contribution is 0.0541. The van der Waals surface area contributed by atoms with Gasteiger partial charge in [0.25, 0.3) is 0 Å². The van der Waals surface area contributed by atoms with Crippen LogP contribution in [0.15, 0.2) is 82.8 Å². The zero-order valence-electron chi connectivity index (χ0n) is 18.9. The van der Waals surface area contributed by atoms with Crippen LogP contribution < -0.4 is 0 Å². The second kappa shape index (κ2) is 11.9. The van der Waals surface area contributed by atoms with Crippen LogP contribution in [-0.4, -0.2) is 62.2 Å². The van der Waals surface area contributed by atoms with Gasteiger partial charge < -0.3 is 19.7 Å². The fraction of sp³-hybridized carbons (Fsp3) is 0.214. The maximum Gasteiger partial charge on any atom is 0.124 e. The van der Waals surface area contributed by atoms with E-state index in [1.54, 1.807) is 24.6 Å². The molecule has 0 aliphatic heterocycles. The van der Waals surface area contributed by atoms with Crippen LogP contribution in [-0.2, 0) is 9.47 Å². The Labute approximate surface area is 198 Å². The molecule has 0 fully saturated rings. The molecule has 0 heterocycles. The molecular formula is C28H28N2O4. The number of rotatable bonds is 11. The van der Waals surface area contributed by atoms with E-state index in [0.717, 1.165) is 32.7 Å². The van der Waals surface area contributed by atoms with E-state index < -0.39 is 0 Å². The monoisotopic (exact) mass is 456 g/mol. The molecule has 0 atom stereocenters. The summed E-state index contributed by atoms with van der Waals surface area (Å²) in [4.78, 5) is 8.76. The van der Waals surface area contributed by atoms with Gasteiger partial charge in [-0.05, 0) is 33.7 Å². The Bertz CT molecular complexity index is 1200. The van der Waals surface area contributed by atoms with Crippen LogP contribution >= 0.6 is 0 Å². The first kappa shape index (κ1) is 23.4. The molecule has 0 radical (unpaired) electrons. The lowest BCUT2D eigenvalue weighted by atomic mass is 10.0. The maximum absolute atomic E-state index is 10.1. The SMILES string of the molecule is Oc1ccc2ccccc2c1C=NCCOCCOCCN=Cc1c(O)ccc2ccccc12. The highest BCUT2D eigenvalue weighted by atomic mass is 16.5. The van der Waals surface area contributed by atoms with Crippen molar-refractivity contribution in [3.63, 3.8) is 0 Å². The number of aliphatic imine (C=N–C) groups is 2. The Morgan fingerprint density at radius 3 is 1.47 bits per heavy atom. The predicted molar refractivity (Wildman–Crippen MR) is 138 cm³/mol. The van der Waals surface area contributed by atoms with E-state index in [9.17, 15) is 10.2 Å². The molecule has 0 aliphatic carbocycles. The lowest BCUT2D eigenvalue weighted by Crippen LogP contribution is -2.09. The molecule has 6 nitrogen and oxygen atoms in total. The summed E-state index contributed by atoms with van der Waals surface area (Å²) in [6.45, 7) is 2.91. The number of nitrogens with zero attached hydrogens (tertiary/aromatic N) is 2. The van der Waals surface area contributed by atoms with Crippen molar-refractivity contribution >= 4 is 34.0 Å². The van der Waals surface area contributed by atoms with E-state index in [4.69, 9.17) is 9.47 Å². The van der Waals surface area contributed by atoms with Gasteiger partial charge >= 0.3 is 0 Å². The van der Waals surface area contributed by atoms with Gasteiger partial charge in [-0.15, -0.1) is 0 Å². The van der Waals surface area contributed by atoms with Crippen LogP contribution in [0.3, 0.4) is 0 Å². The standard InChI is InChI=1S/C28H28N2O4/c31-27-11-9-21-5-1-3-7-23(21)25(27)19-29-13-15-33-17-18-34-16-14-30-20-26-24-8-4-2-6-22(24)10-12-28(26)32/h1-12,19-20,31-32H,13-18H2. The summed E-state index contributed by atoms with van der Waals surface area (Å²) in [5.74, 6) is 0.435. The molecule has 0 amide bonds. The lowest BCUT2D eigenvalue weighted by Gasteiger charge is -2.06. The summed E-state index contributed by atoms with van der Waals surface area (Å²) < 4.78 is 11.1. The van der Waals surface area contributed by atoms with Gasteiger partial charge in [-0.3, -0.25) is 9.98 Å². The number of fused-ring (bicyclic) bond motifs is 2. The third-order valence-corrected chi connectivity index (χ3v) is 5.44. The fourth-order valence-electron chi connectivity index (χ4n) is 3.71. The molecule has 4 aromatic carbocycles. The summed E-state index contributed by atoms with van der Waals surface area (Å²) in [5, 5.41) is 24.3. The molecule has 4 rings (SSSR count). The summed E-state index contributed by atoms with van der Waals surface area (Å²) in [6, 6.07) is 23.0. The number of ether oxygens (including phenoxy) is 2. The quantitative estimate of drug-likeness (QED) is 0.246. The molecule has 6 heteroatoms. The molecule has 0 unspecified atom stereocenters. The van der Waals surface area contributed by atoms with Crippen LogP contribution in [0.1, 0.15) is 11.1 Å². The largest absolute Gasteiger partial charge is 0.507 e. The van der Waals surface area contributed by atoms with Crippen LogP contribution in [0, 0.1) is 0 Å². The number of hydrogen-bond donors (Lipinski definition) is 2. The summed E-state index contributed by atoms with van der Waals surface area (Å²) >= 11 is 0. The van der Waals surface area contributed by atoms with Crippen molar-refractivity contribution in [1.29, 1.82) is 0 Å². The second-order valence-corrected chi connectivity index (χ2v) is 7.73. The van der Waals surface area contributed by atoms with Crippen molar-refractivity contribution in [2.75, 3.05) is 39.5 Å². The average Bonchev–Trinajstić information content (AvgIpc) is 2.87. The smallest absolute Gasteiger partial charge is 0.124 e. The molecule has 174 valence electrons. The highest BCUT2D eigenvalue weighted by Gasteiger charge is 2.05. The minimum atomic E-state index is 0.218. The molecule has 0 saturated heterocycles. The fourth-order valence-corrected chi connectivity index (χ4v) is 3.71. The molecule has 34 heavy (non-hydrogen) atoms. The van der Waals surface area contributed by atoms with Gasteiger partial charge in [0.05, 0.1) is 39.5 Å². The van der Waals surface area contributed by atoms with Crippen molar-refractivity contribution in [2.24, 2.45) is 9.98 Å². The van der Waals surface area contributed by atoms with Crippen LogP contribution in [0.25, 0.3) is 21.5 Å². The molecule has 0 bridgehead atoms. The summed E-state index contributed by atoms with van der Waals surface area (Å²) in [6.07, 6.45) is 3.40. The summed E-state index contributed by atoms with van der Waals surface area (Å²) in [5.41, 5.74) is 1.44. The van der Waals surface area contributed by atoms with Gasteiger partial charge in [-0.1, -0.05) is 60.7 Å². The van der Waals surface area contributed by atoms with Crippen molar-refractivity contribution in [2.45, 2.75) is 0 Å². The number of benzene rings is 4. The van der Waals surface area contributed by atoms with Crippen molar-refractivity contribution in [3.05, 3.63) is 83.9 Å². The molecular weight excluding hydrogens is 428 g/mol. The molecule has 0 aliphatic rings. The molecule has 0 spiro atoms. The van der Waals surface area contributed by atoms with Crippen LogP contribution in [0.5, 0.6) is 11.5 Å². The topological polar surface area (TPSA) is 83.6 Å². The molecule has 2 N–H and O–H groups in total. The first-order chi connectivity index (χ1) is 16.7. The van der Waals surface area contributed by atoms with E-state index >= 15 is 0 Å². The average molecular weight is 457 g/mol. The minimum absolute atomic E-state index is 0.218. The zero-order chi connectivity index (χ0) is 23.6. The Morgan fingerprint density at radius 2 is 1.00 bits per heavy atom. The number of hydrogen-bond acceptors (Lipinski definition) is 6. The first-order valence-electron chi connectivity index (χ1n) is 11.3. The third-order valence-electron chi connectivity index (χ3n) is 5.44. The van der Waals surface area contributed by atoms with E-state index in [2.05, 4.69) is 9.98 Å². The van der Waals surface area contributed by atoms with Crippen LogP contribution in [0.2, 0.25) is 0 Å². The van der Waals surface area contributed by atoms with Crippen molar-refractivity contribution in [1.82, 2.24) is 0 Å². The maximum atomic E-state index is 10.1. The number of phenolic OH excluding ortho intramolecular Hbond substituents is 2. The van der Waals surface area contributed by atoms with Crippen molar-refractivity contribution < 1.29 is 19.7 Å².